The van der Waals surface area contributed by atoms with Gasteiger partial charge in [0.05, 0.1) is 13.2 Å². The highest BCUT2D eigenvalue weighted by molar-refractivity contribution is 6.31. The molecule has 1 heterocycles. The van der Waals surface area contributed by atoms with Crippen molar-refractivity contribution in [1.29, 1.82) is 0 Å². The number of benzene rings is 3. The number of ether oxygens (including phenoxy) is 2. The van der Waals surface area contributed by atoms with Crippen LogP contribution >= 0.6 is 11.6 Å². The second kappa shape index (κ2) is 10.1. The van der Waals surface area contributed by atoms with Gasteiger partial charge in [0, 0.05) is 48.9 Å². The van der Waals surface area contributed by atoms with Crippen LogP contribution in [0.1, 0.15) is 11.1 Å². The van der Waals surface area contributed by atoms with Gasteiger partial charge >= 0.3 is 0 Å². The van der Waals surface area contributed by atoms with Crippen LogP contribution in [0.4, 0.5) is 0 Å². The highest BCUT2D eigenvalue weighted by Crippen LogP contribution is 2.29. The molecule has 0 aliphatic carbocycles. The van der Waals surface area contributed by atoms with Gasteiger partial charge in [-0.25, -0.2) is 0 Å². The van der Waals surface area contributed by atoms with Gasteiger partial charge in [0.15, 0.2) is 0 Å². The predicted octanol–water partition coefficient (Wildman–Crippen LogP) is 4.49. The first-order valence-electron chi connectivity index (χ1n) is 10.2. The van der Waals surface area contributed by atoms with Crippen LogP contribution in [0.2, 0.25) is 5.02 Å². The van der Waals surface area contributed by atoms with Gasteiger partial charge in [0.1, 0.15) is 12.4 Å². The SMILES string of the molecule is Clc1ccccc1COc1ccc2ccccc2c1CNCCN1CCOCC1. The molecular weight excluding hydrogens is 384 g/mol. The zero-order chi connectivity index (χ0) is 19.9. The molecule has 0 atom stereocenters. The molecule has 1 aliphatic heterocycles. The molecule has 0 radical (unpaired) electrons. The normalized spacial score (nSPS) is 14.9. The van der Waals surface area contributed by atoms with Crippen LogP contribution in [0.3, 0.4) is 0 Å². The summed E-state index contributed by atoms with van der Waals surface area (Å²) in [4.78, 5) is 2.44. The summed E-state index contributed by atoms with van der Waals surface area (Å²) in [6, 6.07) is 20.5. The van der Waals surface area contributed by atoms with Crippen LogP contribution in [-0.2, 0) is 17.9 Å². The standard InChI is InChI=1S/C24H27ClN2O2/c25-23-8-4-2-6-20(23)18-29-24-10-9-19-5-1-3-7-21(19)22(24)17-26-11-12-27-13-15-28-16-14-27/h1-10,26H,11-18H2. The molecule has 0 aromatic heterocycles. The van der Waals surface area contributed by atoms with Gasteiger partial charge in [-0.15, -0.1) is 0 Å². The lowest BCUT2D eigenvalue weighted by Gasteiger charge is -2.26. The van der Waals surface area contributed by atoms with Gasteiger partial charge in [-0.1, -0.05) is 60.1 Å². The molecular formula is C24H27ClN2O2. The average molecular weight is 411 g/mol. The fourth-order valence-corrected chi connectivity index (χ4v) is 3.87. The number of hydrogen-bond acceptors (Lipinski definition) is 4. The predicted molar refractivity (Wildman–Crippen MR) is 119 cm³/mol. The third kappa shape index (κ3) is 5.28. The Labute approximate surface area is 177 Å². The van der Waals surface area contributed by atoms with E-state index in [1.54, 1.807) is 0 Å². The van der Waals surface area contributed by atoms with Crippen molar-refractivity contribution in [3.8, 4) is 5.75 Å². The first-order valence-corrected chi connectivity index (χ1v) is 10.6. The Kier molecular flexibility index (Phi) is 7.01. The van der Waals surface area contributed by atoms with Crippen molar-refractivity contribution >= 4 is 22.4 Å². The number of morpholine rings is 1. The summed E-state index contributed by atoms with van der Waals surface area (Å²) < 4.78 is 11.6. The lowest BCUT2D eigenvalue weighted by molar-refractivity contribution is 0.0384. The molecule has 4 rings (SSSR count). The second-order valence-electron chi connectivity index (χ2n) is 7.27. The summed E-state index contributed by atoms with van der Waals surface area (Å²) in [5, 5.41) is 6.79. The summed E-state index contributed by atoms with van der Waals surface area (Å²) in [5.41, 5.74) is 2.19. The molecule has 3 aromatic rings. The minimum Gasteiger partial charge on any atom is -0.488 e. The van der Waals surface area contributed by atoms with E-state index in [2.05, 4.69) is 46.6 Å². The zero-order valence-electron chi connectivity index (χ0n) is 16.6. The third-order valence-corrected chi connectivity index (χ3v) is 5.72. The van der Waals surface area contributed by atoms with Gasteiger partial charge in [-0.05, 0) is 22.9 Å². The van der Waals surface area contributed by atoms with E-state index in [1.165, 1.54) is 16.3 Å². The van der Waals surface area contributed by atoms with E-state index in [0.717, 1.165) is 62.3 Å². The molecule has 5 heteroatoms. The smallest absolute Gasteiger partial charge is 0.124 e. The summed E-state index contributed by atoms with van der Waals surface area (Å²) >= 11 is 6.30. The fraction of sp³-hybridized carbons (Fsp3) is 0.333. The van der Waals surface area contributed by atoms with Crippen molar-refractivity contribution in [2.75, 3.05) is 39.4 Å². The van der Waals surface area contributed by atoms with Gasteiger partial charge in [0.25, 0.3) is 0 Å². The molecule has 0 amide bonds. The van der Waals surface area contributed by atoms with E-state index >= 15 is 0 Å². The van der Waals surface area contributed by atoms with Crippen molar-refractivity contribution in [2.24, 2.45) is 0 Å². The molecule has 1 aliphatic rings. The number of hydrogen-bond donors (Lipinski definition) is 1. The summed E-state index contributed by atoms with van der Waals surface area (Å²) in [6.45, 7) is 6.90. The number of fused-ring (bicyclic) bond motifs is 1. The maximum atomic E-state index is 6.30. The van der Waals surface area contributed by atoms with Gasteiger partial charge in [-0.2, -0.15) is 0 Å². The summed E-state index contributed by atoms with van der Waals surface area (Å²) in [6.07, 6.45) is 0. The van der Waals surface area contributed by atoms with Crippen molar-refractivity contribution in [3.05, 3.63) is 76.8 Å². The van der Waals surface area contributed by atoms with Crippen LogP contribution < -0.4 is 10.1 Å². The largest absolute Gasteiger partial charge is 0.488 e. The topological polar surface area (TPSA) is 33.7 Å². The molecule has 1 saturated heterocycles. The van der Waals surface area contributed by atoms with Gasteiger partial charge in [0.2, 0.25) is 0 Å². The highest BCUT2D eigenvalue weighted by atomic mass is 35.5. The van der Waals surface area contributed by atoms with Crippen LogP contribution in [-0.4, -0.2) is 44.3 Å². The second-order valence-corrected chi connectivity index (χ2v) is 7.68. The Morgan fingerprint density at radius 3 is 2.62 bits per heavy atom. The maximum Gasteiger partial charge on any atom is 0.124 e. The van der Waals surface area contributed by atoms with E-state index in [-0.39, 0.29) is 0 Å². The third-order valence-electron chi connectivity index (χ3n) is 5.35. The van der Waals surface area contributed by atoms with Crippen LogP contribution in [0.25, 0.3) is 10.8 Å². The first-order chi connectivity index (χ1) is 14.3. The Morgan fingerprint density at radius 1 is 0.966 bits per heavy atom. The number of rotatable bonds is 8. The van der Waals surface area contributed by atoms with Gasteiger partial charge in [-0.3, -0.25) is 4.90 Å². The number of halogens is 1. The lowest BCUT2D eigenvalue weighted by atomic mass is 10.0. The van der Waals surface area contributed by atoms with Crippen molar-refractivity contribution < 1.29 is 9.47 Å². The summed E-state index contributed by atoms with van der Waals surface area (Å²) in [5.74, 6) is 0.905. The lowest BCUT2D eigenvalue weighted by Crippen LogP contribution is -2.40. The van der Waals surface area contributed by atoms with E-state index in [4.69, 9.17) is 21.1 Å². The Balaban J connectivity index is 1.46. The van der Waals surface area contributed by atoms with Crippen LogP contribution in [0, 0.1) is 0 Å². The van der Waals surface area contributed by atoms with E-state index in [9.17, 15) is 0 Å². The van der Waals surface area contributed by atoms with Crippen molar-refractivity contribution in [2.45, 2.75) is 13.2 Å². The minimum absolute atomic E-state index is 0.457. The fourth-order valence-electron chi connectivity index (χ4n) is 3.68. The maximum absolute atomic E-state index is 6.30. The van der Waals surface area contributed by atoms with Crippen LogP contribution in [0.15, 0.2) is 60.7 Å². The Morgan fingerprint density at radius 2 is 1.76 bits per heavy atom. The van der Waals surface area contributed by atoms with Crippen molar-refractivity contribution in [3.63, 3.8) is 0 Å². The molecule has 1 N–H and O–H groups in total. The molecule has 4 nitrogen and oxygen atoms in total. The molecule has 1 fully saturated rings. The Bertz CT molecular complexity index is 941. The molecule has 3 aromatic carbocycles. The van der Waals surface area contributed by atoms with Crippen LogP contribution in [0.5, 0.6) is 5.75 Å². The summed E-state index contributed by atoms with van der Waals surface area (Å²) in [7, 11) is 0. The van der Waals surface area contributed by atoms with Crippen molar-refractivity contribution in [1.82, 2.24) is 10.2 Å². The van der Waals surface area contributed by atoms with E-state index in [0.29, 0.717) is 6.61 Å². The first kappa shape index (κ1) is 20.2. The number of nitrogens with one attached hydrogen (secondary N) is 1. The van der Waals surface area contributed by atoms with E-state index < -0.39 is 0 Å². The van der Waals surface area contributed by atoms with E-state index in [1.807, 2.05) is 24.3 Å². The molecule has 0 bridgehead atoms. The average Bonchev–Trinajstić information content (AvgIpc) is 2.77. The molecule has 29 heavy (non-hydrogen) atoms. The Hall–Kier alpha value is -2.11. The molecule has 0 spiro atoms. The minimum atomic E-state index is 0.457. The number of nitrogens with zero attached hydrogens (tertiary/aromatic N) is 1. The monoisotopic (exact) mass is 410 g/mol. The highest BCUT2D eigenvalue weighted by Gasteiger charge is 2.12. The quantitative estimate of drug-likeness (QED) is 0.554. The molecule has 152 valence electrons. The zero-order valence-corrected chi connectivity index (χ0v) is 17.3. The molecule has 0 saturated carbocycles. The molecule has 0 unspecified atom stereocenters. The van der Waals surface area contributed by atoms with Gasteiger partial charge < -0.3 is 14.8 Å².